The van der Waals surface area contributed by atoms with Crippen LogP contribution in [0.3, 0.4) is 0 Å². The van der Waals surface area contributed by atoms with Gasteiger partial charge < -0.3 is 5.32 Å². The number of hydrogen-bond donors (Lipinski definition) is 1. The first-order valence-corrected chi connectivity index (χ1v) is 5.58. The standard InChI is InChI=1S/C9H16BrN/c1-6-5-11-9-7(6)3-2-4-8(9)10/h6-9,11H,2-5H2,1H3. The number of rotatable bonds is 0. The molecule has 1 aliphatic carbocycles. The molecule has 2 heteroatoms. The van der Waals surface area contributed by atoms with Crippen LogP contribution in [0.1, 0.15) is 26.2 Å². The van der Waals surface area contributed by atoms with Gasteiger partial charge in [-0.2, -0.15) is 0 Å². The van der Waals surface area contributed by atoms with Gasteiger partial charge in [0.25, 0.3) is 0 Å². The molecule has 1 heterocycles. The van der Waals surface area contributed by atoms with Crippen LogP contribution in [-0.4, -0.2) is 17.4 Å². The van der Waals surface area contributed by atoms with Crippen LogP contribution in [0.2, 0.25) is 0 Å². The molecule has 1 aliphatic heterocycles. The van der Waals surface area contributed by atoms with Gasteiger partial charge in [0.15, 0.2) is 0 Å². The number of halogens is 1. The number of hydrogen-bond acceptors (Lipinski definition) is 1. The smallest absolute Gasteiger partial charge is 0.0302 e. The molecule has 64 valence electrons. The van der Waals surface area contributed by atoms with Crippen molar-refractivity contribution in [2.45, 2.75) is 37.1 Å². The van der Waals surface area contributed by atoms with Crippen LogP contribution in [0.5, 0.6) is 0 Å². The lowest BCUT2D eigenvalue weighted by atomic mass is 9.81. The lowest BCUT2D eigenvalue weighted by molar-refractivity contribution is 0.295. The highest BCUT2D eigenvalue weighted by Gasteiger charge is 2.38. The topological polar surface area (TPSA) is 12.0 Å². The summed E-state index contributed by atoms with van der Waals surface area (Å²) in [7, 11) is 0. The van der Waals surface area contributed by atoms with Crippen molar-refractivity contribution in [3.05, 3.63) is 0 Å². The van der Waals surface area contributed by atoms with E-state index in [9.17, 15) is 0 Å². The largest absolute Gasteiger partial charge is 0.312 e. The molecule has 1 saturated carbocycles. The van der Waals surface area contributed by atoms with E-state index in [1.807, 2.05) is 0 Å². The molecule has 0 radical (unpaired) electrons. The van der Waals surface area contributed by atoms with Crippen molar-refractivity contribution in [2.75, 3.05) is 6.54 Å². The third kappa shape index (κ3) is 1.35. The zero-order valence-electron chi connectivity index (χ0n) is 7.02. The van der Waals surface area contributed by atoms with E-state index in [1.165, 1.54) is 25.8 Å². The monoisotopic (exact) mass is 217 g/mol. The first kappa shape index (κ1) is 8.06. The van der Waals surface area contributed by atoms with Crippen LogP contribution in [0, 0.1) is 11.8 Å². The fraction of sp³-hybridized carbons (Fsp3) is 1.00. The first-order chi connectivity index (χ1) is 5.29. The molecule has 2 aliphatic rings. The number of fused-ring (bicyclic) bond motifs is 1. The molecule has 1 N–H and O–H groups in total. The Morgan fingerprint density at radius 2 is 2.18 bits per heavy atom. The molecule has 2 rings (SSSR count). The van der Waals surface area contributed by atoms with E-state index >= 15 is 0 Å². The van der Waals surface area contributed by atoms with Crippen molar-refractivity contribution in [3.63, 3.8) is 0 Å². The van der Waals surface area contributed by atoms with Gasteiger partial charge in [-0.25, -0.2) is 0 Å². The summed E-state index contributed by atoms with van der Waals surface area (Å²) in [4.78, 5) is 0.742. The number of alkyl halides is 1. The Bertz CT molecular complexity index is 146. The van der Waals surface area contributed by atoms with Crippen molar-refractivity contribution >= 4 is 15.9 Å². The zero-order valence-corrected chi connectivity index (χ0v) is 8.60. The van der Waals surface area contributed by atoms with Gasteiger partial charge in [-0.15, -0.1) is 0 Å². The Kier molecular flexibility index (Phi) is 2.24. The summed E-state index contributed by atoms with van der Waals surface area (Å²) < 4.78 is 0. The predicted octanol–water partition coefficient (Wildman–Crippen LogP) is 2.16. The molecular formula is C9H16BrN. The summed E-state index contributed by atoms with van der Waals surface area (Å²) in [5.41, 5.74) is 0. The highest BCUT2D eigenvalue weighted by Crippen LogP contribution is 2.37. The van der Waals surface area contributed by atoms with E-state index in [-0.39, 0.29) is 0 Å². The molecule has 1 nitrogen and oxygen atoms in total. The quantitative estimate of drug-likeness (QED) is 0.614. The minimum absolute atomic E-state index is 0.742. The third-order valence-electron chi connectivity index (χ3n) is 3.27. The summed E-state index contributed by atoms with van der Waals surface area (Å²) >= 11 is 3.76. The molecule has 0 aromatic carbocycles. The molecule has 4 atom stereocenters. The Morgan fingerprint density at radius 1 is 1.36 bits per heavy atom. The lowest BCUT2D eigenvalue weighted by Crippen LogP contribution is -2.39. The molecule has 0 bridgehead atoms. The van der Waals surface area contributed by atoms with Gasteiger partial charge in [-0.05, 0) is 31.2 Å². The fourth-order valence-corrected chi connectivity index (χ4v) is 3.47. The highest BCUT2D eigenvalue weighted by atomic mass is 79.9. The van der Waals surface area contributed by atoms with Crippen molar-refractivity contribution in [1.82, 2.24) is 5.32 Å². The lowest BCUT2D eigenvalue weighted by Gasteiger charge is -2.31. The van der Waals surface area contributed by atoms with Crippen molar-refractivity contribution in [1.29, 1.82) is 0 Å². The SMILES string of the molecule is CC1CNC2C(Br)CCCC12. The minimum Gasteiger partial charge on any atom is -0.312 e. The van der Waals surface area contributed by atoms with Crippen molar-refractivity contribution < 1.29 is 0 Å². The fourth-order valence-electron chi connectivity index (χ4n) is 2.57. The Morgan fingerprint density at radius 3 is 2.91 bits per heavy atom. The normalized spacial score (nSPS) is 50.7. The summed E-state index contributed by atoms with van der Waals surface area (Å²) in [5.74, 6) is 1.86. The van der Waals surface area contributed by atoms with Gasteiger partial charge in [0.1, 0.15) is 0 Å². The molecule has 11 heavy (non-hydrogen) atoms. The van der Waals surface area contributed by atoms with Gasteiger partial charge in [0.2, 0.25) is 0 Å². The van der Waals surface area contributed by atoms with Crippen LogP contribution in [0.4, 0.5) is 0 Å². The minimum atomic E-state index is 0.742. The van der Waals surface area contributed by atoms with E-state index in [0.29, 0.717) is 0 Å². The average Bonchev–Trinajstić information content (AvgIpc) is 2.35. The maximum atomic E-state index is 3.76. The zero-order chi connectivity index (χ0) is 7.84. The molecule has 2 fully saturated rings. The number of nitrogens with one attached hydrogen (secondary N) is 1. The van der Waals surface area contributed by atoms with Gasteiger partial charge in [-0.1, -0.05) is 29.3 Å². The molecular weight excluding hydrogens is 202 g/mol. The van der Waals surface area contributed by atoms with Crippen LogP contribution in [0.15, 0.2) is 0 Å². The summed E-state index contributed by atoms with van der Waals surface area (Å²) in [6.07, 6.45) is 4.23. The van der Waals surface area contributed by atoms with Crippen LogP contribution < -0.4 is 5.32 Å². The second-order valence-electron chi connectivity index (χ2n) is 4.02. The Balaban J connectivity index is 2.07. The summed E-state index contributed by atoms with van der Waals surface area (Å²) in [6, 6.07) is 0.777. The second-order valence-corrected chi connectivity index (χ2v) is 5.20. The van der Waals surface area contributed by atoms with Crippen molar-refractivity contribution in [2.24, 2.45) is 11.8 Å². The van der Waals surface area contributed by atoms with Crippen LogP contribution >= 0.6 is 15.9 Å². The van der Waals surface area contributed by atoms with Gasteiger partial charge in [-0.3, -0.25) is 0 Å². The molecule has 0 aromatic heterocycles. The van der Waals surface area contributed by atoms with E-state index < -0.39 is 0 Å². The molecule has 0 spiro atoms. The van der Waals surface area contributed by atoms with E-state index in [4.69, 9.17) is 0 Å². The third-order valence-corrected chi connectivity index (χ3v) is 4.30. The molecule has 4 unspecified atom stereocenters. The van der Waals surface area contributed by atoms with Gasteiger partial charge >= 0.3 is 0 Å². The first-order valence-electron chi connectivity index (χ1n) is 4.66. The maximum Gasteiger partial charge on any atom is 0.0302 e. The Hall–Kier alpha value is 0.440. The van der Waals surface area contributed by atoms with Crippen LogP contribution in [0.25, 0.3) is 0 Å². The Labute approximate surface area is 77.1 Å². The predicted molar refractivity (Wildman–Crippen MR) is 51.0 cm³/mol. The molecule has 1 saturated heterocycles. The van der Waals surface area contributed by atoms with E-state index in [1.54, 1.807) is 0 Å². The average molecular weight is 218 g/mol. The van der Waals surface area contributed by atoms with Crippen molar-refractivity contribution in [3.8, 4) is 0 Å². The summed E-state index contributed by atoms with van der Waals surface area (Å²) in [5, 5.41) is 3.61. The van der Waals surface area contributed by atoms with Gasteiger partial charge in [0.05, 0.1) is 0 Å². The van der Waals surface area contributed by atoms with Crippen LogP contribution in [-0.2, 0) is 0 Å². The molecule has 0 aromatic rings. The van der Waals surface area contributed by atoms with E-state index in [2.05, 4.69) is 28.2 Å². The van der Waals surface area contributed by atoms with Gasteiger partial charge in [0, 0.05) is 10.9 Å². The highest BCUT2D eigenvalue weighted by molar-refractivity contribution is 9.09. The van der Waals surface area contributed by atoms with E-state index in [0.717, 1.165) is 22.7 Å². The molecule has 0 amide bonds. The second kappa shape index (κ2) is 3.06. The maximum absolute atomic E-state index is 3.76. The summed E-state index contributed by atoms with van der Waals surface area (Å²) in [6.45, 7) is 3.61.